The highest BCUT2D eigenvalue weighted by molar-refractivity contribution is 7.14. The van der Waals surface area contributed by atoms with E-state index in [4.69, 9.17) is 9.47 Å². The minimum atomic E-state index is -0.277. The molecule has 2 heterocycles. The largest absolute Gasteiger partial charge is 0.454 e. The van der Waals surface area contributed by atoms with Gasteiger partial charge in [0, 0.05) is 10.4 Å². The van der Waals surface area contributed by atoms with Crippen LogP contribution in [-0.4, -0.2) is 18.4 Å². The Morgan fingerprint density at radius 3 is 2.81 bits per heavy atom. The first-order chi connectivity index (χ1) is 10.1. The molecule has 1 aromatic heterocycles. The van der Waals surface area contributed by atoms with Crippen LogP contribution in [0.4, 0.5) is 0 Å². The number of ether oxygens (including phenoxy) is 2. The third-order valence-corrected chi connectivity index (χ3v) is 4.17. The molecule has 0 aliphatic carbocycles. The Bertz CT molecular complexity index is 721. The van der Waals surface area contributed by atoms with Crippen LogP contribution in [0.5, 0.6) is 11.5 Å². The van der Waals surface area contributed by atoms with Gasteiger partial charge in [0.2, 0.25) is 6.79 Å². The van der Waals surface area contributed by atoms with Crippen LogP contribution in [0.1, 0.15) is 27.0 Å². The number of carbonyl (C=O) groups is 1. The van der Waals surface area contributed by atoms with Crippen LogP contribution < -0.4 is 14.9 Å². The summed E-state index contributed by atoms with van der Waals surface area (Å²) >= 11 is 1.64. The van der Waals surface area contributed by atoms with Crippen molar-refractivity contribution < 1.29 is 14.3 Å². The Morgan fingerprint density at radius 1 is 1.24 bits per heavy atom. The van der Waals surface area contributed by atoms with Crippen molar-refractivity contribution in [2.45, 2.75) is 13.8 Å². The molecule has 0 saturated heterocycles. The zero-order valence-corrected chi connectivity index (χ0v) is 12.5. The van der Waals surface area contributed by atoms with Crippen molar-refractivity contribution >= 4 is 23.0 Å². The molecule has 5 nitrogen and oxygen atoms in total. The van der Waals surface area contributed by atoms with Crippen molar-refractivity contribution in [3.05, 3.63) is 45.6 Å². The van der Waals surface area contributed by atoms with Crippen LogP contribution in [0.3, 0.4) is 0 Å². The SMILES string of the molecule is C/C(=N/NC(=O)c1ccc2c(c1)OCO2)c1ccc(C)s1. The first-order valence-electron chi connectivity index (χ1n) is 6.44. The van der Waals surface area contributed by atoms with E-state index in [9.17, 15) is 4.79 Å². The fraction of sp³-hybridized carbons (Fsp3) is 0.200. The fourth-order valence-electron chi connectivity index (χ4n) is 1.92. The molecule has 1 aliphatic rings. The Morgan fingerprint density at radius 2 is 2.05 bits per heavy atom. The molecule has 0 spiro atoms. The van der Waals surface area contributed by atoms with Gasteiger partial charge >= 0.3 is 0 Å². The van der Waals surface area contributed by atoms with Crippen LogP contribution >= 0.6 is 11.3 Å². The Labute approximate surface area is 126 Å². The van der Waals surface area contributed by atoms with Crippen LogP contribution in [0, 0.1) is 6.92 Å². The van der Waals surface area contributed by atoms with Gasteiger partial charge in [0.25, 0.3) is 5.91 Å². The highest BCUT2D eigenvalue weighted by Gasteiger charge is 2.16. The summed E-state index contributed by atoms with van der Waals surface area (Å²) in [5.74, 6) is 0.957. The molecule has 0 saturated carbocycles. The topological polar surface area (TPSA) is 59.9 Å². The molecular formula is C15H14N2O3S. The number of carbonyl (C=O) groups excluding carboxylic acids is 1. The molecule has 0 unspecified atom stereocenters. The zero-order valence-electron chi connectivity index (χ0n) is 11.7. The summed E-state index contributed by atoms with van der Waals surface area (Å²) in [6.45, 7) is 4.09. The number of nitrogens with zero attached hydrogens (tertiary/aromatic N) is 1. The van der Waals surface area contributed by atoms with Gasteiger partial charge in [0.1, 0.15) is 0 Å². The van der Waals surface area contributed by atoms with Gasteiger partial charge in [-0.25, -0.2) is 5.43 Å². The second-order valence-electron chi connectivity index (χ2n) is 4.62. The zero-order chi connectivity index (χ0) is 14.8. The molecular weight excluding hydrogens is 288 g/mol. The standard InChI is InChI=1S/C15H14N2O3S/c1-9-3-6-14(21-9)10(2)16-17-15(18)11-4-5-12-13(7-11)20-8-19-12/h3-7H,8H2,1-2H3,(H,17,18)/b16-10-. The van der Waals surface area contributed by atoms with Gasteiger partial charge in [-0.1, -0.05) is 0 Å². The summed E-state index contributed by atoms with van der Waals surface area (Å²) in [4.78, 5) is 14.3. The lowest BCUT2D eigenvalue weighted by atomic mass is 10.2. The van der Waals surface area contributed by atoms with Crippen LogP contribution in [0.25, 0.3) is 0 Å². The molecule has 2 aromatic rings. The second kappa shape index (κ2) is 5.57. The average molecular weight is 302 g/mol. The predicted octanol–water partition coefficient (Wildman–Crippen LogP) is 2.94. The van der Waals surface area contributed by atoms with Gasteiger partial charge in [-0.05, 0) is 44.2 Å². The van der Waals surface area contributed by atoms with Gasteiger partial charge in [0.05, 0.1) is 10.6 Å². The molecule has 1 N–H and O–H groups in total. The lowest BCUT2D eigenvalue weighted by molar-refractivity contribution is 0.0954. The number of hydrogen-bond acceptors (Lipinski definition) is 5. The molecule has 3 rings (SSSR count). The number of fused-ring (bicyclic) bond motifs is 1. The molecule has 0 atom stereocenters. The third-order valence-electron chi connectivity index (χ3n) is 3.06. The van der Waals surface area contributed by atoms with Crippen LogP contribution in [0.2, 0.25) is 0 Å². The third kappa shape index (κ3) is 2.90. The highest BCUT2D eigenvalue weighted by atomic mass is 32.1. The predicted molar refractivity (Wildman–Crippen MR) is 81.3 cm³/mol. The van der Waals surface area contributed by atoms with E-state index < -0.39 is 0 Å². The molecule has 1 amide bonds. The first-order valence-corrected chi connectivity index (χ1v) is 7.26. The Balaban J connectivity index is 1.71. The fourth-order valence-corrected chi connectivity index (χ4v) is 2.73. The molecule has 1 aliphatic heterocycles. The minimum Gasteiger partial charge on any atom is -0.454 e. The maximum atomic E-state index is 12.1. The normalized spacial score (nSPS) is 13.3. The second-order valence-corrected chi connectivity index (χ2v) is 5.90. The lowest BCUT2D eigenvalue weighted by Gasteiger charge is -2.03. The number of benzene rings is 1. The maximum Gasteiger partial charge on any atom is 0.271 e. The number of rotatable bonds is 3. The van der Waals surface area contributed by atoms with Gasteiger partial charge in [-0.15, -0.1) is 11.3 Å². The maximum absolute atomic E-state index is 12.1. The first kappa shape index (κ1) is 13.6. The molecule has 21 heavy (non-hydrogen) atoms. The summed E-state index contributed by atoms with van der Waals surface area (Å²) in [6.07, 6.45) is 0. The minimum absolute atomic E-state index is 0.190. The summed E-state index contributed by atoms with van der Waals surface area (Å²) in [6, 6.07) is 9.07. The molecule has 0 fully saturated rings. The number of thiophene rings is 1. The van der Waals surface area contributed by atoms with E-state index in [1.807, 2.05) is 26.0 Å². The van der Waals surface area contributed by atoms with Crippen LogP contribution in [-0.2, 0) is 0 Å². The average Bonchev–Trinajstić information content (AvgIpc) is 3.12. The number of hydrogen-bond donors (Lipinski definition) is 1. The van der Waals surface area contributed by atoms with E-state index in [0.717, 1.165) is 10.6 Å². The van der Waals surface area contributed by atoms with E-state index in [2.05, 4.69) is 10.5 Å². The van der Waals surface area contributed by atoms with Crippen molar-refractivity contribution in [2.75, 3.05) is 6.79 Å². The van der Waals surface area contributed by atoms with E-state index >= 15 is 0 Å². The van der Waals surface area contributed by atoms with Gasteiger partial charge in [-0.3, -0.25) is 4.79 Å². The van der Waals surface area contributed by atoms with Crippen molar-refractivity contribution in [1.82, 2.24) is 5.43 Å². The van der Waals surface area contributed by atoms with Crippen molar-refractivity contribution in [3.8, 4) is 11.5 Å². The summed E-state index contributed by atoms with van der Waals surface area (Å²) in [5, 5.41) is 4.13. The molecule has 108 valence electrons. The highest BCUT2D eigenvalue weighted by Crippen LogP contribution is 2.32. The van der Waals surface area contributed by atoms with Crippen molar-refractivity contribution in [2.24, 2.45) is 5.10 Å². The molecule has 0 radical (unpaired) electrons. The van der Waals surface area contributed by atoms with E-state index in [1.54, 1.807) is 29.5 Å². The Kier molecular flexibility index (Phi) is 3.62. The number of aryl methyl sites for hydroxylation is 1. The van der Waals surface area contributed by atoms with E-state index in [1.165, 1.54) is 4.88 Å². The lowest BCUT2D eigenvalue weighted by Crippen LogP contribution is -2.19. The van der Waals surface area contributed by atoms with Crippen molar-refractivity contribution in [1.29, 1.82) is 0 Å². The molecule has 1 aromatic carbocycles. The molecule has 0 bridgehead atoms. The van der Waals surface area contributed by atoms with E-state index in [-0.39, 0.29) is 12.7 Å². The van der Waals surface area contributed by atoms with Crippen LogP contribution in [0.15, 0.2) is 35.4 Å². The quantitative estimate of drug-likeness (QED) is 0.700. The summed E-state index contributed by atoms with van der Waals surface area (Å²) in [7, 11) is 0. The monoisotopic (exact) mass is 302 g/mol. The van der Waals surface area contributed by atoms with Gasteiger partial charge in [0.15, 0.2) is 11.5 Å². The number of nitrogens with one attached hydrogen (secondary N) is 1. The number of amides is 1. The summed E-state index contributed by atoms with van der Waals surface area (Å²) < 4.78 is 10.5. The summed E-state index contributed by atoms with van der Waals surface area (Å²) in [5.41, 5.74) is 3.82. The van der Waals surface area contributed by atoms with Gasteiger partial charge < -0.3 is 9.47 Å². The van der Waals surface area contributed by atoms with Gasteiger partial charge in [-0.2, -0.15) is 5.10 Å². The number of hydrazone groups is 1. The van der Waals surface area contributed by atoms with Crippen molar-refractivity contribution in [3.63, 3.8) is 0 Å². The van der Waals surface area contributed by atoms with E-state index in [0.29, 0.717) is 17.1 Å². The Hall–Kier alpha value is -2.34. The molecule has 6 heteroatoms. The smallest absolute Gasteiger partial charge is 0.271 e.